The van der Waals surface area contributed by atoms with E-state index in [0.717, 1.165) is 0 Å². The maximum Gasteiger partial charge on any atom is 0.264 e. The summed E-state index contributed by atoms with van der Waals surface area (Å²) < 4.78 is 40.7. The van der Waals surface area contributed by atoms with Crippen molar-refractivity contribution in [2.24, 2.45) is 5.41 Å². The summed E-state index contributed by atoms with van der Waals surface area (Å²) in [5.74, 6) is -0.440. The first-order chi connectivity index (χ1) is 19.6. The van der Waals surface area contributed by atoms with Gasteiger partial charge in [0.05, 0.1) is 52.4 Å². The standard InChI is InChI=1S/C29H33Cl2N3O6S/c1-32-19-23-20-40-17-14-33(23)27(35)25-18-24(8-9-26(25)31)41(37,38)34(22-6-4-21(30)5-7-22)13-3-2-10-29(28(32)36)11-15-39-16-12-29/h2-9,18,23H,10-17,19-20H2,1H3/b3-2-. The van der Waals surface area contributed by atoms with Crippen LogP contribution in [0.15, 0.2) is 59.5 Å². The lowest BCUT2D eigenvalue weighted by Crippen LogP contribution is -2.55. The first kappa shape index (κ1) is 29.8. The van der Waals surface area contributed by atoms with Crippen LogP contribution in [0.25, 0.3) is 0 Å². The Labute approximate surface area is 250 Å². The number of hydrogen-bond acceptors (Lipinski definition) is 6. The van der Waals surface area contributed by atoms with Crippen LogP contribution in [0.3, 0.4) is 0 Å². The van der Waals surface area contributed by atoms with Crippen molar-refractivity contribution in [1.29, 1.82) is 0 Å². The van der Waals surface area contributed by atoms with Gasteiger partial charge in [0.2, 0.25) is 5.91 Å². The largest absolute Gasteiger partial charge is 0.381 e. The van der Waals surface area contributed by atoms with Crippen molar-refractivity contribution < 1.29 is 27.5 Å². The normalized spacial score (nSPS) is 24.3. The Morgan fingerprint density at radius 2 is 1.68 bits per heavy atom. The first-order valence-electron chi connectivity index (χ1n) is 13.6. The molecule has 9 nitrogen and oxygen atoms in total. The highest BCUT2D eigenvalue weighted by atomic mass is 35.5. The van der Waals surface area contributed by atoms with Crippen LogP contribution < -0.4 is 4.31 Å². The number of morpholine rings is 1. The molecule has 0 aromatic heterocycles. The number of hydrogen-bond donors (Lipinski definition) is 0. The van der Waals surface area contributed by atoms with Crippen molar-refractivity contribution in [3.8, 4) is 0 Å². The van der Waals surface area contributed by atoms with Gasteiger partial charge in [-0.3, -0.25) is 13.9 Å². The van der Waals surface area contributed by atoms with E-state index in [9.17, 15) is 18.0 Å². The molecule has 5 rings (SSSR count). The molecule has 3 aliphatic heterocycles. The lowest BCUT2D eigenvalue weighted by atomic mass is 9.76. The van der Waals surface area contributed by atoms with E-state index in [1.807, 2.05) is 6.08 Å². The minimum Gasteiger partial charge on any atom is -0.381 e. The van der Waals surface area contributed by atoms with E-state index in [0.29, 0.717) is 49.8 Å². The number of halogens is 2. The van der Waals surface area contributed by atoms with Gasteiger partial charge in [0.15, 0.2) is 0 Å². The van der Waals surface area contributed by atoms with E-state index in [2.05, 4.69) is 0 Å². The summed E-state index contributed by atoms with van der Waals surface area (Å²) in [6.07, 6.45) is 5.17. The van der Waals surface area contributed by atoms with Gasteiger partial charge >= 0.3 is 0 Å². The number of likely N-dealkylation sites (N-methyl/N-ethyl adjacent to an activating group) is 1. The average molecular weight is 623 g/mol. The number of benzene rings is 2. The van der Waals surface area contributed by atoms with Crippen LogP contribution in [0, 0.1) is 5.41 Å². The zero-order valence-electron chi connectivity index (χ0n) is 22.8. The predicted octanol–water partition coefficient (Wildman–Crippen LogP) is 4.24. The fourth-order valence-electron chi connectivity index (χ4n) is 5.68. The van der Waals surface area contributed by atoms with E-state index < -0.39 is 27.4 Å². The number of fused-ring (bicyclic) bond motifs is 3. The second kappa shape index (κ2) is 12.3. The zero-order chi connectivity index (χ0) is 29.2. The molecular weight excluding hydrogens is 589 g/mol. The highest BCUT2D eigenvalue weighted by molar-refractivity contribution is 7.92. The molecule has 0 saturated carbocycles. The SMILES string of the molecule is CN1CC2COCCN2C(=O)c2cc(ccc2Cl)S(=O)(=O)N(c2ccc(Cl)cc2)C/C=C\CC2(CCOCC2)C1=O. The van der Waals surface area contributed by atoms with Gasteiger partial charge < -0.3 is 19.3 Å². The summed E-state index contributed by atoms with van der Waals surface area (Å²) in [7, 11) is -2.37. The van der Waals surface area contributed by atoms with Crippen LogP contribution in [0.1, 0.15) is 29.6 Å². The second-order valence-electron chi connectivity index (χ2n) is 10.6. The van der Waals surface area contributed by atoms with Gasteiger partial charge in [0, 0.05) is 38.4 Å². The molecule has 0 radical (unpaired) electrons. The molecule has 3 aliphatic rings. The first-order valence-corrected chi connectivity index (χ1v) is 15.8. The van der Waals surface area contributed by atoms with E-state index in [1.54, 1.807) is 47.2 Å². The van der Waals surface area contributed by atoms with Gasteiger partial charge in [-0.25, -0.2) is 8.42 Å². The molecule has 1 atom stereocenters. The van der Waals surface area contributed by atoms with Gasteiger partial charge in [-0.2, -0.15) is 0 Å². The number of allylic oxidation sites excluding steroid dienone is 1. The van der Waals surface area contributed by atoms with Crippen LogP contribution in [0.5, 0.6) is 0 Å². The Bertz CT molecular complexity index is 1430. The summed E-state index contributed by atoms with van der Waals surface area (Å²) in [6.45, 7) is 2.07. The Hall–Kier alpha value is -2.63. The number of sulfonamides is 1. The molecule has 1 spiro atoms. The summed E-state index contributed by atoms with van der Waals surface area (Å²) in [6, 6.07) is 10.2. The monoisotopic (exact) mass is 621 g/mol. The Morgan fingerprint density at radius 1 is 0.951 bits per heavy atom. The third-order valence-corrected chi connectivity index (χ3v) is 10.4. The van der Waals surface area contributed by atoms with Crippen molar-refractivity contribution in [2.45, 2.75) is 30.2 Å². The van der Waals surface area contributed by atoms with Crippen LogP contribution in [0.2, 0.25) is 10.0 Å². The Kier molecular flexibility index (Phi) is 8.96. The molecular formula is C29H33Cl2N3O6S. The maximum absolute atomic E-state index is 14.1. The van der Waals surface area contributed by atoms with Crippen molar-refractivity contribution in [2.75, 3.05) is 57.4 Å². The quantitative estimate of drug-likeness (QED) is 0.442. The number of carbonyl (C=O) groups is 2. The average Bonchev–Trinajstić information content (AvgIpc) is 2.97. The van der Waals surface area contributed by atoms with Crippen LogP contribution in [-0.2, 0) is 24.3 Å². The smallest absolute Gasteiger partial charge is 0.264 e. The molecule has 2 aromatic rings. The minimum absolute atomic E-state index is 0.0119. The van der Waals surface area contributed by atoms with E-state index in [1.165, 1.54) is 22.5 Å². The molecule has 2 amide bonds. The lowest BCUT2D eigenvalue weighted by Gasteiger charge is -2.42. The number of rotatable bonds is 1. The van der Waals surface area contributed by atoms with E-state index in [4.69, 9.17) is 32.7 Å². The van der Waals surface area contributed by atoms with Crippen LogP contribution in [0.4, 0.5) is 5.69 Å². The fraction of sp³-hybridized carbons (Fsp3) is 0.448. The van der Waals surface area contributed by atoms with Gasteiger partial charge in [-0.05, 0) is 61.7 Å². The summed E-state index contributed by atoms with van der Waals surface area (Å²) >= 11 is 12.6. The Balaban J connectivity index is 1.62. The summed E-state index contributed by atoms with van der Waals surface area (Å²) in [4.78, 5) is 31.1. The number of amides is 2. The van der Waals surface area contributed by atoms with Crippen molar-refractivity contribution in [3.63, 3.8) is 0 Å². The molecule has 1 unspecified atom stereocenters. The molecule has 0 N–H and O–H groups in total. The molecule has 2 aromatic carbocycles. The van der Waals surface area contributed by atoms with Gasteiger partial charge in [0.1, 0.15) is 0 Å². The highest BCUT2D eigenvalue weighted by Gasteiger charge is 2.42. The second-order valence-corrected chi connectivity index (χ2v) is 13.3. The lowest BCUT2D eigenvalue weighted by molar-refractivity contribution is -0.147. The molecule has 12 heteroatoms. The van der Waals surface area contributed by atoms with Gasteiger partial charge in [-0.15, -0.1) is 0 Å². The number of carbonyl (C=O) groups excluding carboxylic acids is 2. The van der Waals surface area contributed by atoms with Crippen LogP contribution in [-0.4, -0.2) is 89.2 Å². The molecule has 3 heterocycles. The number of anilines is 1. The molecule has 41 heavy (non-hydrogen) atoms. The fourth-order valence-corrected chi connectivity index (χ4v) is 7.45. The highest BCUT2D eigenvalue weighted by Crippen LogP contribution is 2.37. The molecule has 220 valence electrons. The van der Waals surface area contributed by atoms with E-state index in [-0.39, 0.29) is 47.6 Å². The topological polar surface area (TPSA) is 96.5 Å². The third-order valence-electron chi connectivity index (χ3n) is 8.04. The van der Waals surface area contributed by atoms with Crippen LogP contribution >= 0.6 is 23.2 Å². The third kappa shape index (κ3) is 6.12. The Morgan fingerprint density at radius 3 is 2.41 bits per heavy atom. The van der Waals surface area contributed by atoms with Crippen molar-refractivity contribution in [3.05, 3.63) is 70.2 Å². The maximum atomic E-state index is 14.1. The number of ether oxygens (including phenoxy) is 2. The molecule has 2 saturated heterocycles. The van der Waals surface area contributed by atoms with Crippen molar-refractivity contribution in [1.82, 2.24) is 9.80 Å². The molecule has 2 fully saturated rings. The minimum atomic E-state index is -4.13. The van der Waals surface area contributed by atoms with Crippen molar-refractivity contribution >= 4 is 50.7 Å². The summed E-state index contributed by atoms with van der Waals surface area (Å²) in [5.41, 5.74) is -0.205. The van der Waals surface area contributed by atoms with E-state index >= 15 is 0 Å². The number of nitrogens with zero attached hydrogens (tertiary/aromatic N) is 3. The van der Waals surface area contributed by atoms with Gasteiger partial charge in [-0.1, -0.05) is 35.4 Å². The van der Waals surface area contributed by atoms with Gasteiger partial charge in [0.25, 0.3) is 15.9 Å². The molecule has 0 aliphatic carbocycles. The zero-order valence-corrected chi connectivity index (χ0v) is 25.1. The summed E-state index contributed by atoms with van der Waals surface area (Å²) in [5, 5.41) is 0.614. The molecule has 2 bridgehead atoms. The predicted molar refractivity (Wildman–Crippen MR) is 157 cm³/mol.